The summed E-state index contributed by atoms with van der Waals surface area (Å²) in [6.07, 6.45) is 3.16. The molecule has 4 heteroatoms. The Kier molecular flexibility index (Phi) is 4.19. The van der Waals surface area contributed by atoms with E-state index < -0.39 is 5.60 Å². The second-order valence-corrected chi connectivity index (χ2v) is 5.11. The first-order chi connectivity index (χ1) is 8.63. The minimum absolute atomic E-state index is 0.303. The van der Waals surface area contributed by atoms with Crippen LogP contribution in [0, 0.1) is 11.7 Å². The van der Waals surface area contributed by atoms with E-state index in [-0.39, 0.29) is 5.82 Å². The van der Waals surface area contributed by atoms with Gasteiger partial charge in [-0.1, -0.05) is 12.1 Å². The summed E-state index contributed by atoms with van der Waals surface area (Å²) in [6.45, 7) is 0.815. The van der Waals surface area contributed by atoms with Crippen molar-refractivity contribution in [2.45, 2.75) is 31.3 Å². The molecular formula is C14H20FNO2. The van der Waals surface area contributed by atoms with Crippen molar-refractivity contribution >= 4 is 0 Å². The molecule has 0 heterocycles. The van der Waals surface area contributed by atoms with Crippen LogP contribution in [0.25, 0.3) is 0 Å². The first-order valence-electron chi connectivity index (χ1n) is 6.43. The zero-order chi connectivity index (χ0) is 13.0. The van der Waals surface area contributed by atoms with Crippen LogP contribution in [0.3, 0.4) is 0 Å². The van der Waals surface area contributed by atoms with Gasteiger partial charge >= 0.3 is 0 Å². The minimum atomic E-state index is -0.700. The summed E-state index contributed by atoms with van der Waals surface area (Å²) in [5.41, 5.74) is 4.84. The molecule has 0 saturated heterocycles. The summed E-state index contributed by atoms with van der Waals surface area (Å²) in [5, 5.41) is 10.0. The second kappa shape index (κ2) is 5.67. The lowest BCUT2D eigenvalue weighted by Crippen LogP contribution is -2.41. The molecule has 0 radical (unpaired) electrons. The molecule has 1 fully saturated rings. The number of aliphatic hydroxyl groups is 1. The van der Waals surface area contributed by atoms with Crippen LogP contribution < -0.4 is 10.5 Å². The van der Waals surface area contributed by atoms with Gasteiger partial charge in [0.1, 0.15) is 0 Å². The van der Waals surface area contributed by atoms with Crippen LogP contribution in [0.5, 0.6) is 5.75 Å². The quantitative estimate of drug-likeness (QED) is 0.863. The number of rotatable bonds is 4. The maximum Gasteiger partial charge on any atom is 0.165 e. The second-order valence-electron chi connectivity index (χ2n) is 5.11. The van der Waals surface area contributed by atoms with E-state index >= 15 is 0 Å². The van der Waals surface area contributed by atoms with Crippen LogP contribution in [-0.4, -0.2) is 23.9 Å². The van der Waals surface area contributed by atoms with E-state index in [2.05, 4.69) is 0 Å². The maximum atomic E-state index is 13.3. The normalized spacial score (nSPS) is 28.1. The molecule has 2 rings (SSSR count). The highest BCUT2D eigenvalue weighted by Gasteiger charge is 2.32. The highest BCUT2D eigenvalue weighted by molar-refractivity contribution is 5.23. The average molecular weight is 253 g/mol. The van der Waals surface area contributed by atoms with E-state index in [4.69, 9.17) is 10.5 Å². The predicted octanol–water partition coefficient (Wildman–Crippen LogP) is 2.08. The van der Waals surface area contributed by atoms with E-state index in [0.717, 1.165) is 12.8 Å². The fraction of sp³-hybridized carbons (Fsp3) is 0.571. The third-order valence-corrected chi connectivity index (χ3v) is 3.73. The molecule has 0 spiro atoms. The first kappa shape index (κ1) is 13.3. The Bertz CT molecular complexity index is 389. The Morgan fingerprint density at radius 1 is 1.33 bits per heavy atom. The van der Waals surface area contributed by atoms with Crippen LogP contribution in [0.2, 0.25) is 0 Å². The molecule has 3 nitrogen and oxygen atoms in total. The molecule has 1 saturated carbocycles. The van der Waals surface area contributed by atoms with E-state index in [1.807, 2.05) is 0 Å². The van der Waals surface area contributed by atoms with Crippen molar-refractivity contribution in [3.63, 3.8) is 0 Å². The topological polar surface area (TPSA) is 55.5 Å². The molecule has 100 valence electrons. The van der Waals surface area contributed by atoms with Crippen LogP contribution in [0.15, 0.2) is 24.3 Å². The molecule has 0 aromatic heterocycles. The van der Waals surface area contributed by atoms with Gasteiger partial charge in [-0.2, -0.15) is 0 Å². The van der Waals surface area contributed by atoms with Gasteiger partial charge in [0.25, 0.3) is 0 Å². The summed E-state index contributed by atoms with van der Waals surface area (Å²) in [6, 6.07) is 6.42. The molecule has 0 amide bonds. The first-order valence-corrected chi connectivity index (χ1v) is 6.43. The van der Waals surface area contributed by atoms with Gasteiger partial charge in [0.05, 0.1) is 12.2 Å². The number of halogens is 1. The fourth-order valence-electron chi connectivity index (χ4n) is 2.36. The Morgan fingerprint density at radius 3 is 2.61 bits per heavy atom. The van der Waals surface area contributed by atoms with Crippen LogP contribution in [0.4, 0.5) is 4.39 Å². The lowest BCUT2D eigenvalue weighted by Gasteiger charge is -2.34. The van der Waals surface area contributed by atoms with Gasteiger partial charge in [0.15, 0.2) is 11.6 Å². The minimum Gasteiger partial charge on any atom is -0.490 e. The van der Waals surface area contributed by atoms with Gasteiger partial charge < -0.3 is 15.6 Å². The summed E-state index contributed by atoms with van der Waals surface area (Å²) < 4.78 is 18.8. The molecule has 0 bridgehead atoms. The van der Waals surface area contributed by atoms with Gasteiger partial charge in [0.2, 0.25) is 0 Å². The van der Waals surface area contributed by atoms with Gasteiger partial charge in [-0.15, -0.1) is 0 Å². The Balaban J connectivity index is 1.81. The molecule has 0 unspecified atom stereocenters. The maximum absolute atomic E-state index is 13.3. The van der Waals surface area contributed by atoms with Crippen molar-refractivity contribution in [1.82, 2.24) is 0 Å². The monoisotopic (exact) mass is 253 g/mol. The fourth-order valence-corrected chi connectivity index (χ4v) is 2.36. The smallest absolute Gasteiger partial charge is 0.165 e. The molecule has 1 aliphatic carbocycles. The van der Waals surface area contributed by atoms with E-state index in [0.29, 0.717) is 37.7 Å². The summed E-state index contributed by atoms with van der Waals surface area (Å²) in [5.74, 6) is 0.348. The number of nitrogens with two attached hydrogens (primary N) is 1. The van der Waals surface area contributed by atoms with Gasteiger partial charge in [-0.3, -0.25) is 0 Å². The molecule has 0 atom stereocenters. The molecular weight excluding hydrogens is 233 g/mol. The van der Waals surface area contributed by atoms with E-state index in [9.17, 15) is 9.50 Å². The Labute approximate surface area is 107 Å². The molecule has 3 N–H and O–H groups in total. The zero-order valence-corrected chi connectivity index (χ0v) is 10.4. The summed E-state index contributed by atoms with van der Waals surface area (Å²) in [7, 11) is 0. The Morgan fingerprint density at radius 2 is 2.00 bits per heavy atom. The van der Waals surface area contributed by atoms with Crippen molar-refractivity contribution < 1.29 is 14.2 Å². The van der Waals surface area contributed by atoms with Crippen molar-refractivity contribution in [2.75, 3.05) is 13.2 Å². The number of hydrogen-bond acceptors (Lipinski definition) is 3. The van der Waals surface area contributed by atoms with Crippen LogP contribution in [-0.2, 0) is 0 Å². The predicted molar refractivity (Wildman–Crippen MR) is 67.9 cm³/mol. The van der Waals surface area contributed by atoms with E-state index in [1.54, 1.807) is 18.2 Å². The van der Waals surface area contributed by atoms with Crippen LogP contribution in [0.1, 0.15) is 25.7 Å². The summed E-state index contributed by atoms with van der Waals surface area (Å²) in [4.78, 5) is 0. The lowest BCUT2D eigenvalue weighted by molar-refractivity contribution is -0.00713. The van der Waals surface area contributed by atoms with Crippen molar-refractivity contribution in [3.05, 3.63) is 30.1 Å². The molecule has 18 heavy (non-hydrogen) atoms. The van der Waals surface area contributed by atoms with E-state index in [1.165, 1.54) is 6.07 Å². The van der Waals surface area contributed by atoms with Crippen molar-refractivity contribution in [2.24, 2.45) is 11.7 Å². The third-order valence-electron chi connectivity index (χ3n) is 3.73. The average Bonchev–Trinajstić information content (AvgIpc) is 2.40. The van der Waals surface area contributed by atoms with Crippen molar-refractivity contribution in [1.29, 1.82) is 0 Å². The van der Waals surface area contributed by atoms with Gasteiger partial charge in [0, 0.05) is 6.54 Å². The number of hydrogen-bond donors (Lipinski definition) is 2. The highest BCUT2D eigenvalue weighted by atomic mass is 19.1. The lowest BCUT2D eigenvalue weighted by atomic mass is 9.79. The molecule has 1 aromatic carbocycles. The zero-order valence-electron chi connectivity index (χ0n) is 10.4. The van der Waals surface area contributed by atoms with Crippen LogP contribution >= 0.6 is 0 Å². The molecule has 0 aliphatic heterocycles. The molecule has 1 aromatic rings. The highest BCUT2D eigenvalue weighted by Crippen LogP contribution is 2.32. The molecule has 1 aliphatic rings. The number of para-hydroxylation sites is 1. The largest absolute Gasteiger partial charge is 0.490 e. The Hall–Kier alpha value is -1.13. The van der Waals surface area contributed by atoms with Gasteiger partial charge in [-0.05, 0) is 43.7 Å². The number of ether oxygens (including phenoxy) is 1. The third kappa shape index (κ3) is 3.21. The summed E-state index contributed by atoms with van der Waals surface area (Å²) >= 11 is 0. The number of benzene rings is 1. The van der Waals surface area contributed by atoms with Crippen molar-refractivity contribution in [3.8, 4) is 5.75 Å². The standard InChI is InChI=1S/C14H20FNO2/c15-12-3-1-2-4-13(12)18-9-11-5-7-14(17,10-16)8-6-11/h1-4,11,17H,5-10,16H2/t11-,14-. The van der Waals surface area contributed by atoms with Gasteiger partial charge in [-0.25, -0.2) is 4.39 Å². The SMILES string of the molecule is NC[C@]1(O)CC[C@H](COc2ccccc2F)CC1.